The van der Waals surface area contributed by atoms with E-state index in [9.17, 15) is 8.42 Å². The monoisotopic (exact) mass is 328 g/mol. The lowest BCUT2D eigenvalue weighted by atomic mass is 10.1. The normalized spacial score (nSPS) is 18.8. The van der Waals surface area contributed by atoms with Crippen LogP contribution in [-0.4, -0.2) is 39.0 Å². The molecule has 1 aromatic rings. The maximum absolute atomic E-state index is 12.7. The molecule has 0 saturated carbocycles. The van der Waals surface area contributed by atoms with E-state index < -0.39 is 10.0 Å². The molecule has 0 spiro atoms. The number of ether oxygens (including phenoxy) is 1. The van der Waals surface area contributed by atoms with Crippen LogP contribution < -0.4 is 0 Å². The summed E-state index contributed by atoms with van der Waals surface area (Å²) in [5, 5.41) is 9.11. The molecule has 1 saturated heterocycles. The highest BCUT2D eigenvalue weighted by molar-refractivity contribution is 7.89. The fourth-order valence-corrected chi connectivity index (χ4v) is 4.09. The van der Waals surface area contributed by atoms with Gasteiger partial charge in [-0.05, 0) is 30.5 Å². The molecule has 7 heteroatoms. The van der Waals surface area contributed by atoms with Gasteiger partial charge in [-0.3, -0.25) is 0 Å². The lowest BCUT2D eigenvalue weighted by Gasteiger charge is -2.23. The van der Waals surface area contributed by atoms with Crippen LogP contribution >= 0.6 is 11.6 Å². The van der Waals surface area contributed by atoms with Gasteiger partial charge in [-0.25, -0.2) is 8.42 Å². The minimum Gasteiger partial charge on any atom is -0.381 e. The van der Waals surface area contributed by atoms with Crippen molar-refractivity contribution in [1.82, 2.24) is 4.31 Å². The van der Waals surface area contributed by atoms with E-state index in [1.54, 1.807) is 12.1 Å². The molecule has 5 nitrogen and oxygen atoms in total. The second-order valence-electron chi connectivity index (χ2n) is 4.96. The van der Waals surface area contributed by atoms with E-state index in [-0.39, 0.29) is 23.8 Å². The molecule has 1 heterocycles. The number of nitrogens with zero attached hydrogens (tertiary/aromatic N) is 2. The number of hydrogen-bond donors (Lipinski definition) is 0. The Labute approximate surface area is 130 Å². The molecule has 0 N–H and O–H groups in total. The van der Waals surface area contributed by atoms with Crippen LogP contribution in [-0.2, 0) is 14.8 Å². The molecule has 0 bridgehead atoms. The topological polar surface area (TPSA) is 70.4 Å². The Morgan fingerprint density at radius 3 is 2.90 bits per heavy atom. The van der Waals surface area contributed by atoms with Crippen LogP contribution in [0.5, 0.6) is 0 Å². The van der Waals surface area contributed by atoms with E-state index in [0.29, 0.717) is 24.8 Å². The van der Waals surface area contributed by atoms with Gasteiger partial charge >= 0.3 is 0 Å². The number of rotatable bonds is 6. The first-order valence-electron chi connectivity index (χ1n) is 6.74. The zero-order valence-electron chi connectivity index (χ0n) is 11.5. The summed E-state index contributed by atoms with van der Waals surface area (Å²) in [4.78, 5) is 0.159. The Hall–Kier alpha value is -1.13. The second kappa shape index (κ2) is 7.23. The summed E-state index contributed by atoms with van der Waals surface area (Å²) >= 11 is 5.87. The molecule has 1 fully saturated rings. The molecule has 0 unspecified atom stereocenters. The molecule has 0 aromatic heterocycles. The van der Waals surface area contributed by atoms with Gasteiger partial charge in [0.15, 0.2) is 0 Å². The van der Waals surface area contributed by atoms with Crippen molar-refractivity contribution >= 4 is 21.6 Å². The lowest BCUT2D eigenvalue weighted by molar-refractivity contribution is 0.180. The lowest BCUT2D eigenvalue weighted by Crippen LogP contribution is -2.36. The number of halogens is 1. The van der Waals surface area contributed by atoms with Crippen molar-refractivity contribution in [2.45, 2.75) is 17.7 Å². The average Bonchev–Trinajstić information content (AvgIpc) is 2.96. The van der Waals surface area contributed by atoms with Crippen molar-refractivity contribution in [3.05, 3.63) is 29.3 Å². The summed E-state index contributed by atoms with van der Waals surface area (Å²) in [6.45, 7) is 1.78. The summed E-state index contributed by atoms with van der Waals surface area (Å²) in [6.07, 6.45) is 1.00. The predicted molar refractivity (Wildman–Crippen MR) is 79.4 cm³/mol. The van der Waals surface area contributed by atoms with Crippen molar-refractivity contribution < 1.29 is 13.2 Å². The van der Waals surface area contributed by atoms with Crippen LogP contribution in [0.4, 0.5) is 0 Å². The second-order valence-corrected chi connectivity index (χ2v) is 7.33. The van der Waals surface area contributed by atoms with E-state index in [0.717, 1.165) is 6.42 Å². The third-order valence-corrected chi connectivity index (χ3v) is 5.49. The van der Waals surface area contributed by atoms with Gasteiger partial charge in [0.25, 0.3) is 0 Å². The molecule has 114 valence electrons. The molecule has 1 aliphatic heterocycles. The minimum absolute atomic E-state index is 0.159. The molecular weight excluding hydrogens is 312 g/mol. The van der Waals surface area contributed by atoms with E-state index in [4.69, 9.17) is 21.6 Å². The number of hydrogen-bond acceptors (Lipinski definition) is 4. The molecule has 1 aliphatic rings. The Balaban J connectivity index is 2.23. The summed E-state index contributed by atoms with van der Waals surface area (Å²) in [5.74, 6) is 0.178. The maximum atomic E-state index is 12.7. The Morgan fingerprint density at radius 1 is 1.48 bits per heavy atom. The summed E-state index contributed by atoms with van der Waals surface area (Å²) < 4.78 is 32.0. The van der Waals surface area contributed by atoms with E-state index in [1.165, 1.54) is 16.4 Å². The molecule has 1 aromatic carbocycles. The van der Waals surface area contributed by atoms with Crippen molar-refractivity contribution in [3.8, 4) is 6.07 Å². The SMILES string of the molecule is N#CCCN(C[C@H]1CCOC1)S(=O)(=O)c1cccc(Cl)c1. The van der Waals surface area contributed by atoms with Gasteiger partial charge in [-0.2, -0.15) is 9.57 Å². The fourth-order valence-electron chi connectivity index (χ4n) is 2.28. The highest BCUT2D eigenvalue weighted by atomic mass is 35.5. The average molecular weight is 329 g/mol. The highest BCUT2D eigenvalue weighted by Crippen LogP contribution is 2.23. The van der Waals surface area contributed by atoms with Crippen molar-refractivity contribution in [3.63, 3.8) is 0 Å². The first-order valence-corrected chi connectivity index (χ1v) is 8.56. The van der Waals surface area contributed by atoms with Crippen LogP contribution in [0, 0.1) is 17.2 Å². The van der Waals surface area contributed by atoms with Gasteiger partial charge < -0.3 is 4.74 Å². The Bertz CT molecular complexity index is 621. The minimum atomic E-state index is -3.64. The Morgan fingerprint density at radius 2 is 2.29 bits per heavy atom. The number of sulfonamides is 1. The van der Waals surface area contributed by atoms with Crippen LogP contribution in [0.1, 0.15) is 12.8 Å². The van der Waals surface area contributed by atoms with Gasteiger partial charge in [0.1, 0.15) is 0 Å². The van der Waals surface area contributed by atoms with E-state index in [2.05, 4.69) is 0 Å². The fraction of sp³-hybridized carbons (Fsp3) is 0.500. The molecule has 2 rings (SSSR count). The Kier molecular flexibility index (Phi) is 5.59. The van der Waals surface area contributed by atoms with Crippen LogP contribution in [0.2, 0.25) is 5.02 Å². The molecule has 0 amide bonds. The van der Waals surface area contributed by atoms with E-state index >= 15 is 0 Å². The van der Waals surface area contributed by atoms with Crippen LogP contribution in [0.15, 0.2) is 29.2 Å². The standard InChI is InChI=1S/C14H17ClN2O3S/c15-13-3-1-4-14(9-13)21(18,19)17(7-2-6-16)10-12-5-8-20-11-12/h1,3-4,9,12H,2,5,7-8,10-11H2/t12-/m1/s1. The maximum Gasteiger partial charge on any atom is 0.243 e. The third kappa shape index (κ3) is 4.17. The zero-order valence-corrected chi connectivity index (χ0v) is 13.1. The largest absolute Gasteiger partial charge is 0.381 e. The first kappa shape index (κ1) is 16.2. The quantitative estimate of drug-likeness (QED) is 0.803. The molecule has 0 aliphatic carbocycles. The highest BCUT2D eigenvalue weighted by Gasteiger charge is 2.28. The van der Waals surface area contributed by atoms with Gasteiger partial charge in [-0.1, -0.05) is 17.7 Å². The van der Waals surface area contributed by atoms with Crippen LogP contribution in [0.25, 0.3) is 0 Å². The van der Waals surface area contributed by atoms with E-state index in [1.807, 2.05) is 6.07 Å². The molecule has 21 heavy (non-hydrogen) atoms. The first-order chi connectivity index (χ1) is 10.0. The zero-order chi connectivity index (χ0) is 15.3. The predicted octanol–water partition coefficient (Wildman–Crippen LogP) is 2.28. The summed E-state index contributed by atoms with van der Waals surface area (Å²) in [5.41, 5.74) is 0. The molecule has 0 radical (unpaired) electrons. The van der Waals surface area contributed by atoms with Gasteiger partial charge in [0, 0.05) is 31.1 Å². The van der Waals surface area contributed by atoms with Gasteiger partial charge in [-0.15, -0.1) is 0 Å². The van der Waals surface area contributed by atoms with Crippen molar-refractivity contribution in [1.29, 1.82) is 5.26 Å². The third-order valence-electron chi connectivity index (χ3n) is 3.39. The van der Waals surface area contributed by atoms with Gasteiger partial charge in [0.05, 0.1) is 17.6 Å². The number of nitriles is 1. The summed E-state index contributed by atoms with van der Waals surface area (Å²) in [6, 6.07) is 8.18. The van der Waals surface area contributed by atoms with Crippen molar-refractivity contribution in [2.75, 3.05) is 26.3 Å². The van der Waals surface area contributed by atoms with Crippen molar-refractivity contribution in [2.24, 2.45) is 5.92 Å². The van der Waals surface area contributed by atoms with Gasteiger partial charge in [0.2, 0.25) is 10.0 Å². The summed E-state index contributed by atoms with van der Waals surface area (Å²) in [7, 11) is -3.64. The smallest absolute Gasteiger partial charge is 0.243 e. The molecule has 1 atom stereocenters. The van der Waals surface area contributed by atoms with Crippen LogP contribution in [0.3, 0.4) is 0 Å². The number of benzene rings is 1. The molecular formula is C14H17ClN2O3S.